The number of aliphatic hydroxyl groups excluding tert-OH is 1. The van der Waals surface area contributed by atoms with Crippen LogP contribution in [0.15, 0.2) is 197 Å². The summed E-state index contributed by atoms with van der Waals surface area (Å²) in [6.45, 7) is 0. The zero-order valence-corrected chi connectivity index (χ0v) is 33.9. The summed E-state index contributed by atoms with van der Waals surface area (Å²) in [6, 6.07) is 62.4. The number of aliphatic hydroxyl groups is 1. The Morgan fingerprint density at radius 1 is 0.422 bits per heavy atom. The lowest BCUT2D eigenvalue weighted by atomic mass is 9.88. The van der Waals surface area contributed by atoms with E-state index in [2.05, 4.69) is 50.8 Å². The fourth-order valence-electron chi connectivity index (χ4n) is 10.2. The third kappa shape index (κ3) is 4.88. The van der Waals surface area contributed by atoms with Crippen LogP contribution >= 0.6 is 0 Å². The van der Waals surface area contributed by atoms with Gasteiger partial charge in [0.1, 0.15) is 17.3 Å². The summed E-state index contributed by atoms with van der Waals surface area (Å²) in [4.78, 5) is 19.7. The van der Waals surface area contributed by atoms with Crippen LogP contribution in [0.2, 0.25) is 0 Å². The maximum Gasteiger partial charge on any atom is 0.197 e. The van der Waals surface area contributed by atoms with E-state index in [1.54, 1.807) is 0 Å². The normalized spacial score (nSPS) is 14.4. The zero-order valence-electron chi connectivity index (χ0n) is 33.9. The molecular formula is C56H33N3O5. The monoisotopic (exact) mass is 827 g/mol. The molecule has 3 aliphatic rings. The lowest BCUT2D eigenvalue weighted by Gasteiger charge is -2.35. The molecule has 8 nitrogen and oxygen atoms in total. The van der Waals surface area contributed by atoms with Gasteiger partial charge in [0.15, 0.2) is 28.4 Å². The van der Waals surface area contributed by atoms with Gasteiger partial charge >= 0.3 is 0 Å². The quantitative estimate of drug-likeness (QED) is 0.178. The standard InChI is InChI=1S/C56H33N3O5/c60-55-38-30-34(57-44-12-2-7-17-50(44)63-51-18-8-3-13-45(51)57)22-24-42(38)59-43-25-23-35(58-46-14-4-9-19-52(46)64-53-20-10-5-15-47(53)58)31-39(43)56(61)41-29-33(28-40(55)54(41)59)32-21-26-49-37(27-32)36-11-1-6-16-48(36)62-49/h1-31,55,60H. The highest BCUT2D eigenvalue weighted by molar-refractivity contribution is 6.07. The van der Waals surface area contributed by atoms with Crippen LogP contribution in [0, 0.1) is 0 Å². The van der Waals surface area contributed by atoms with E-state index < -0.39 is 6.10 Å². The third-order valence-corrected chi connectivity index (χ3v) is 13.0. The number of pyridine rings is 1. The highest BCUT2D eigenvalue weighted by Crippen LogP contribution is 2.53. The topological polar surface area (TPSA) is 80.3 Å². The molecule has 0 radical (unpaired) electrons. The Hall–Kier alpha value is -8.59. The molecule has 302 valence electrons. The van der Waals surface area contributed by atoms with Gasteiger partial charge in [0.25, 0.3) is 0 Å². The number of anilines is 6. The Balaban J connectivity index is 1.03. The summed E-state index contributed by atoms with van der Waals surface area (Å²) in [5.41, 5.74) is 12.0. The fraction of sp³-hybridized carbons (Fsp3) is 0.0179. The summed E-state index contributed by atoms with van der Waals surface area (Å²) >= 11 is 0. The smallest absolute Gasteiger partial charge is 0.197 e. The first-order chi connectivity index (χ1) is 31.6. The Labute approximate surface area is 365 Å². The highest BCUT2D eigenvalue weighted by Gasteiger charge is 2.33. The minimum atomic E-state index is -1.06. The number of nitrogens with zero attached hydrogens (tertiary/aromatic N) is 3. The Bertz CT molecular complexity index is 3800. The number of rotatable bonds is 3. The van der Waals surface area contributed by atoms with Crippen molar-refractivity contribution >= 4 is 77.9 Å². The Morgan fingerprint density at radius 2 is 0.969 bits per heavy atom. The molecule has 0 saturated heterocycles. The largest absolute Gasteiger partial charge is 0.456 e. The van der Waals surface area contributed by atoms with E-state index in [1.807, 2.05) is 152 Å². The molecule has 0 fully saturated rings. The molecule has 1 unspecified atom stereocenters. The lowest BCUT2D eigenvalue weighted by Crippen LogP contribution is -2.22. The first kappa shape index (κ1) is 35.1. The van der Waals surface area contributed by atoms with Gasteiger partial charge in [-0.25, -0.2) is 0 Å². The molecule has 2 aromatic heterocycles. The Morgan fingerprint density at radius 3 is 1.62 bits per heavy atom. The molecule has 8 heteroatoms. The maximum absolute atomic E-state index is 15.3. The molecule has 3 aliphatic heterocycles. The molecule has 11 aromatic rings. The second kappa shape index (κ2) is 13.0. The van der Waals surface area contributed by atoms with E-state index in [9.17, 15) is 5.11 Å². The van der Waals surface area contributed by atoms with Crippen molar-refractivity contribution in [3.05, 3.63) is 209 Å². The number of para-hydroxylation sites is 9. The second-order valence-electron chi connectivity index (χ2n) is 16.5. The third-order valence-electron chi connectivity index (χ3n) is 13.0. The Kier molecular flexibility index (Phi) is 7.10. The van der Waals surface area contributed by atoms with E-state index in [-0.39, 0.29) is 5.43 Å². The maximum atomic E-state index is 15.3. The molecule has 0 amide bonds. The summed E-state index contributed by atoms with van der Waals surface area (Å²) in [5, 5.41) is 15.8. The molecule has 0 spiro atoms. The number of aromatic nitrogens is 1. The van der Waals surface area contributed by atoms with Crippen LogP contribution in [0.3, 0.4) is 0 Å². The predicted molar refractivity (Wildman–Crippen MR) is 253 cm³/mol. The van der Waals surface area contributed by atoms with Crippen molar-refractivity contribution in [2.24, 2.45) is 0 Å². The van der Waals surface area contributed by atoms with Crippen LogP contribution in [0.5, 0.6) is 23.0 Å². The van der Waals surface area contributed by atoms with Crippen LogP contribution in [-0.2, 0) is 0 Å². The lowest BCUT2D eigenvalue weighted by molar-refractivity contribution is 0.219. The van der Waals surface area contributed by atoms with Gasteiger partial charge < -0.3 is 33.4 Å². The number of ether oxygens (including phenoxy) is 2. The summed E-state index contributed by atoms with van der Waals surface area (Å²) in [5.74, 6) is 2.94. The van der Waals surface area contributed by atoms with Crippen LogP contribution in [0.1, 0.15) is 17.2 Å². The van der Waals surface area contributed by atoms with E-state index in [1.165, 1.54) is 0 Å². The van der Waals surface area contributed by atoms with Gasteiger partial charge in [0, 0.05) is 44.0 Å². The molecule has 5 heterocycles. The number of benzene rings is 9. The average molecular weight is 828 g/mol. The SMILES string of the molecule is O=c1c2cc(N3c4ccccc4Oc4ccccc43)ccc2n2c3c(cc(-c4ccc5oc6ccccc6c5c4)cc13)C(O)c1cc(N3c4ccccc4Oc4ccccc43)ccc1-2. The van der Waals surface area contributed by atoms with E-state index >= 15 is 4.79 Å². The van der Waals surface area contributed by atoms with Crippen LogP contribution in [0.4, 0.5) is 34.1 Å². The summed E-state index contributed by atoms with van der Waals surface area (Å²) in [7, 11) is 0. The fourth-order valence-corrected chi connectivity index (χ4v) is 10.2. The molecular weight excluding hydrogens is 795 g/mol. The van der Waals surface area contributed by atoms with E-state index in [4.69, 9.17) is 13.9 Å². The molecule has 9 aromatic carbocycles. The van der Waals surface area contributed by atoms with Crippen LogP contribution < -0.4 is 24.7 Å². The van der Waals surface area contributed by atoms with Crippen LogP contribution in [0.25, 0.3) is 60.6 Å². The minimum Gasteiger partial charge on any atom is -0.456 e. The van der Waals surface area contributed by atoms with Gasteiger partial charge in [0.05, 0.1) is 39.5 Å². The molecule has 0 aliphatic carbocycles. The predicted octanol–water partition coefficient (Wildman–Crippen LogP) is 14.3. The molecule has 14 rings (SSSR count). The number of furan rings is 1. The van der Waals surface area contributed by atoms with Crippen molar-refractivity contribution < 1.29 is 19.0 Å². The highest BCUT2D eigenvalue weighted by atomic mass is 16.5. The molecule has 1 atom stereocenters. The van der Waals surface area contributed by atoms with Gasteiger partial charge in [0.2, 0.25) is 0 Å². The van der Waals surface area contributed by atoms with Crippen molar-refractivity contribution in [2.75, 3.05) is 9.80 Å². The number of hydrogen-bond acceptors (Lipinski definition) is 7. The van der Waals surface area contributed by atoms with Crippen molar-refractivity contribution in [2.45, 2.75) is 6.10 Å². The van der Waals surface area contributed by atoms with Gasteiger partial charge in [-0.3, -0.25) is 4.79 Å². The van der Waals surface area contributed by atoms with Gasteiger partial charge in [-0.1, -0.05) is 72.8 Å². The van der Waals surface area contributed by atoms with Gasteiger partial charge in [-0.15, -0.1) is 0 Å². The molecule has 1 N–H and O–H groups in total. The van der Waals surface area contributed by atoms with Gasteiger partial charge in [-0.05, 0) is 126 Å². The van der Waals surface area contributed by atoms with E-state index in [0.717, 1.165) is 101 Å². The first-order valence-corrected chi connectivity index (χ1v) is 21.3. The average Bonchev–Trinajstić information content (AvgIpc) is 3.72. The summed E-state index contributed by atoms with van der Waals surface area (Å²) < 4.78 is 21.1. The molecule has 64 heavy (non-hydrogen) atoms. The summed E-state index contributed by atoms with van der Waals surface area (Å²) in [6.07, 6.45) is -1.06. The molecule has 0 saturated carbocycles. The van der Waals surface area contributed by atoms with Crippen molar-refractivity contribution in [3.8, 4) is 39.8 Å². The second-order valence-corrected chi connectivity index (χ2v) is 16.5. The minimum absolute atomic E-state index is 0.121. The molecule has 0 bridgehead atoms. The van der Waals surface area contributed by atoms with Crippen molar-refractivity contribution in [1.29, 1.82) is 0 Å². The van der Waals surface area contributed by atoms with Gasteiger partial charge in [-0.2, -0.15) is 0 Å². The van der Waals surface area contributed by atoms with Crippen molar-refractivity contribution in [1.82, 2.24) is 4.57 Å². The van der Waals surface area contributed by atoms with Crippen molar-refractivity contribution in [3.63, 3.8) is 0 Å². The number of hydrogen-bond donors (Lipinski definition) is 1. The van der Waals surface area contributed by atoms with E-state index in [0.29, 0.717) is 27.4 Å². The first-order valence-electron chi connectivity index (χ1n) is 21.3. The van der Waals surface area contributed by atoms with Crippen LogP contribution in [-0.4, -0.2) is 9.67 Å². The number of fused-ring (bicyclic) bond motifs is 11. The zero-order chi connectivity index (χ0) is 42.2.